The summed E-state index contributed by atoms with van der Waals surface area (Å²) in [6, 6.07) is 33.8. The highest BCUT2D eigenvalue weighted by molar-refractivity contribution is 6.13. The minimum atomic E-state index is -5.00. The molecule has 15 heteroatoms. The van der Waals surface area contributed by atoms with Gasteiger partial charge in [-0.05, 0) is 78.4 Å². The molecule has 10 nitrogen and oxygen atoms in total. The number of benzene rings is 6. The monoisotopic (exact) mass is 900 g/mol. The van der Waals surface area contributed by atoms with Crippen molar-refractivity contribution in [2.24, 2.45) is 0 Å². The van der Waals surface area contributed by atoms with E-state index in [2.05, 4.69) is 39.9 Å². The maximum absolute atomic E-state index is 16.4. The smallest absolute Gasteiger partial charge is 0.309 e. The van der Waals surface area contributed by atoms with Crippen LogP contribution in [0.3, 0.4) is 0 Å². The zero-order chi connectivity index (χ0) is 46.1. The molecular weight excluding hydrogens is 872 g/mol. The number of aromatic nitrogens is 10. The van der Waals surface area contributed by atoms with E-state index in [1.165, 1.54) is 10.6 Å². The maximum Gasteiger partial charge on any atom is 0.418 e. The van der Waals surface area contributed by atoms with Gasteiger partial charge < -0.3 is 9.13 Å². The van der Waals surface area contributed by atoms with Crippen molar-refractivity contribution >= 4 is 43.6 Å². The van der Waals surface area contributed by atoms with E-state index in [9.17, 15) is 0 Å². The zero-order valence-corrected chi connectivity index (χ0v) is 35.1. The normalized spacial score (nSPS) is 11.9. The first-order valence-corrected chi connectivity index (χ1v) is 21.1. The highest BCUT2D eigenvalue weighted by Gasteiger charge is 2.37. The second-order valence-corrected chi connectivity index (χ2v) is 15.9. The van der Waals surface area contributed by atoms with Gasteiger partial charge in [0.2, 0.25) is 0 Å². The van der Waals surface area contributed by atoms with Crippen LogP contribution in [-0.2, 0) is 6.18 Å². The SMILES string of the molecule is Fc1cc(F)cc(-c2cc(-n3c4cc(-c5ncccn5)ccc4c4ccc(-c5ncccn5)cc43)c(C(F)(F)F)cc2-n2c3cc(-c4ncccn4)ccc3c3ccc(-c4ncccn4)cc32)c1. The van der Waals surface area contributed by atoms with Gasteiger partial charge in [-0.25, -0.2) is 48.7 Å². The first kappa shape index (κ1) is 40.4. The largest absolute Gasteiger partial charge is 0.418 e. The summed E-state index contributed by atoms with van der Waals surface area (Å²) >= 11 is 0. The van der Waals surface area contributed by atoms with Crippen LogP contribution in [0.2, 0.25) is 0 Å². The molecule has 0 bridgehead atoms. The summed E-state index contributed by atoms with van der Waals surface area (Å²) in [4.78, 5) is 35.5. The summed E-state index contributed by atoms with van der Waals surface area (Å²) in [5.41, 5.74) is 2.73. The summed E-state index contributed by atoms with van der Waals surface area (Å²) in [5, 5.41) is 2.62. The Bertz CT molecular complexity index is 3700. The van der Waals surface area contributed by atoms with Crippen molar-refractivity contribution in [3.63, 3.8) is 0 Å². The summed E-state index contributed by atoms with van der Waals surface area (Å²) < 4.78 is 83.5. The van der Waals surface area contributed by atoms with Crippen LogP contribution in [0.1, 0.15) is 5.56 Å². The van der Waals surface area contributed by atoms with E-state index in [0.29, 0.717) is 89.2 Å². The average Bonchev–Trinajstić information content (AvgIpc) is 3.87. The van der Waals surface area contributed by atoms with Gasteiger partial charge in [0, 0.05) is 105 Å². The van der Waals surface area contributed by atoms with Gasteiger partial charge in [-0.15, -0.1) is 0 Å². The van der Waals surface area contributed by atoms with Crippen LogP contribution in [0, 0.1) is 11.6 Å². The number of hydrogen-bond donors (Lipinski definition) is 0. The van der Waals surface area contributed by atoms with Crippen molar-refractivity contribution in [2.75, 3.05) is 0 Å². The first-order chi connectivity index (χ1) is 33.2. The van der Waals surface area contributed by atoms with Gasteiger partial charge in [-0.3, -0.25) is 0 Å². The van der Waals surface area contributed by atoms with Gasteiger partial charge in [-0.1, -0.05) is 48.5 Å². The lowest BCUT2D eigenvalue weighted by atomic mass is 9.98. The third-order valence-electron chi connectivity index (χ3n) is 11.9. The molecule has 6 aromatic carbocycles. The van der Waals surface area contributed by atoms with Crippen LogP contribution < -0.4 is 0 Å². The van der Waals surface area contributed by atoms with E-state index in [1.54, 1.807) is 103 Å². The second kappa shape index (κ2) is 15.8. The van der Waals surface area contributed by atoms with Crippen molar-refractivity contribution < 1.29 is 22.0 Å². The van der Waals surface area contributed by atoms with Crippen molar-refractivity contribution in [1.82, 2.24) is 49.0 Å². The molecule has 0 radical (unpaired) electrons. The molecule has 0 aliphatic rings. The van der Waals surface area contributed by atoms with E-state index in [4.69, 9.17) is 0 Å². The lowest BCUT2D eigenvalue weighted by Gasteiger charge is -2.22. The Balaban J connectivity index is 1.23. The fourth-order valence-electron chi connectivity index (χ4n) is 9.02. The van der Waals surface area contributed by atoms with E-state index in [-0.39, 0.29) is 22.5 Å². The third kappa shape index (κ3) is 6.87. The van der Waals surface area contributed by atoms with Crippen molar-refractivity contribution in [1.29, 1.82) is 0 Å². The molecule has 0 spiro atoms. The lowest BCUT2D eigenvalue weighted by Crippen LogP contribution is -2.13. The number of halogens is 5. The average molecular weight is 901 g/mol. The molecule has 0 atom stereocenters. The Hall–Kier alpha value is -9.11. The van der Waals surface area contributed by atoms with Crippen molar-refractivity contribution in [2.45, 2.75) is 6.18 Å². The highest BCUT2D eigenvalue weighted by atomic mass is 19.4. The molecule has 0 fully saturated rings. The van der Waals surface area contributed by atoms with Crippen LogP contribution in [0.5, 0.6) is 0 Å². The number of rotatable bonds is 7. The summed E-state index contributed by atoms with van der Waals surface area (Å²) in [5.74, 6) is -0.347. The fourth-order valence-corrected chi connectivity index (χ4v) is 9.02. The third-order valence-corrected chi connectivity index (χ3v) is 11.9. The van der Waals surface area contributed by atoms with Gasteiger partial charge in [0.05, 0.1) is 39.0 Å². The van der Waals surface area contributed by atoms with Gasteiger partial charge in [-0.2, -0.15) is 13.2 Å². The summed E-state index contributed by atoms with van der Waals surface area (Å²) in [6.45, 7) is 0. The van der Waals surface area contributed by atoms with Crippen LogP contribution in [-0.4, -0.2) is 49.0 Å². The van der Waals surface area contributed by atoms with Crippen LogP contribution in [0.15, 0.2) is 177 Å². The minimum absolute atomic E-state index is 0.00918. The first-order valence-electron chi connectivity index (χ1n) is 21.1. The zero-order valence-electron chi connectivity index (χ0n) is 35.1. The molecule has 0 aliphatic carbocycles. The van der Waals surface area contributed by atoms with Gasteiger partial charge >= 0.3 is 6.18 Å². The molecule has 68 heavy (non-hydrogen) atoms. The van der Waals surface area contributed by atoms with Gasteiger partial charge in [0.15, 0.2) is 23.3 Å². The standard InChI is InChI=1S/C53H29F5N10/c54-35-21-34(22-36(55)27-35)41-28-48(68-45-25-32(51-63-17-3-18-64-51)7-11-39(45)40-12-8-33(26-46(40)68)52-65-19-4-20-66-52)42(53(56,57)58)29-47(41)67-43-23-30(49-59-13-1-14-60-49)5-9-37(43)38-10-6-31(24-44(38)67)50-61-15-2-16-62-50/h1-29H. The number of nitrogens with zero attached hydrogens (tertiary/aromatic N) is 10. The molecule has 12 rings (SSSR count). The molecule has 0 aliphatic heterocycles. The molecule has 0 unspecified atom stereocenters. The van der Waals surface area contributed by atoms with Crippen molar-refractivity contribution in [3.8, 4) is 68.1 Å². The molecule has 0 saturated heterocycles. The Morgan fingerprint density at radius 1 is 0.338 bits per heavy atom. The Kier molecular flexibility index (Phi) is 9.39. The predicted molar refractivity (Wildman–Crippen MR) is 250 cm³/mol. The van der Waals surface area contributed by atoms with E-state index in [0.717, 1.165) is 24.3 Å². The van der Waals surface area contributed by atoms with Crippen LogP contribution in [0.25, 0.3) is 112 Å². The van der Waals surface area contributed by atoms with Crippen LogP contribution >= 0.6 is 0 Å². The van der Waals surface area contributed by atoms with Crippen LogP contribution in [0.4, 0.5) is 22.0 Å². The van der Waals surface area contributed by atoms with Gasteiger partial charge in [0.1, 0.15) is 11.6 Å². The van der Waals surface area contributed by atoms with Crippen molar-refractivity contribution in [3.05, 3.63) is 194 Å². The highest BCUT2D eigenvalue weighted by Crippen LogP contribution is 2.46. The number of hydrogen-bond acceptors (Lipinski definition) is 8. The van der Waals surface area contributed by atoms with Gasteiger partial charge in [0.25, 0.3) is 0 Å². The molecule has 6 aromatic heterocycles. The lowest BCUT2D eigenvalue weighted by molar-refractivity contribution is -0.137. The fraction of sp³-hybridized carbons (Fsp3) is 0.0189. The predicted octanol–water partition coefficient (Wildman–Crippen LogP) is 12.7. The summed E-state index contributed by atoms with van der Waals surface area (Å²) in [6.07, 6.45) is 7.72. The Labute approximate surface area is 381 Å². The Morgan fingerprint density at radius 3 is 0.985 bits per heavy atom. The molecule has 0 amide bonds. The summed E-state index contributed by atoms with van der Waals surface area (Å²) in [7, 11) is 0. The molecule has 6 heterocycles. The molecule has 12 aromatic rings. The minimum Gasteiger partial charge on any atom is -0.309 e. The Morgan fingerprint density at radius 2 is 0.662 bits per heavy atom. The molecule has 326 valence electrons. The number of fused-ring (bicyclic) bond motifs is 6. The molecular formula is C53H29F5N10. The molecule has 0 saturated carbocycles. The van der Waals surface area contributed by atoms with E-state index < -0.39 is 23.4 Å². The molecule has 0 N–H and O–H groups in total. The maximum atomic E-state index is 16.4. The van der Waals surface area contributed by atoms with E-state index >= 15 is 22.0 Å². The number of alkyl halides is 3. The second-order valence-electron chi connectivity index (χ2n) is 15.9. The van der Waals surface area contributed by atoms with E-state index in [1.807, 2.05) is 48.5 Å². The topological polar surface area (TPSA) is 113 Å². The quantitative estimate of drug-likeness (QED) is 0.145.